The van der Waals surface area contributed by atoms with Crippen LogP contribution in [0.15, 0.2) is 35.0 Å². The largest absolute Gasteiger partial charge is 0.493 e. The van der Waals surface area contributed by atoms with Gasteiger partial charge in [-0.05, 0) is 59.2 Å². The molecule has 1 aromatic carbocycles. The van der Waals surface area contributed by atoms with E-state index in [1.165, 1.54) is 0 Å². The molecule has 3 heterocycles. The molecule has 0 bridgehead atoms. The molecule has 0 atom stereocenters. The van der Waals surface area contributed by atoms with Crippen molar-refractivity contribution >= 4 is 29.2 Å². The highest BCUT2D eigenvalue weighted by Gasteiger charge is 2.42. The topological polar surface area (TPSA) is 68.3 Å². The fourth-order valence-electron chi connectivity index (χ4n) is 4.98. The number of hydrogen-bond donors (Lipinski definition) is 0. The summed E-state index contributed by atoms with van der Waals surface area (Å²) in [5.74, 6) is 1.75. The van der Waals surface area contributed by atoms with E-state index in [1.54, 1.807) is 44.8 Å². The smallest absolute Gasteiger partial charge is 0.246 e. The first kappa shape index (κ1) is 24.1. The van der Waals surface area contributed by atoms with Gasteiger partial charge in [0.15, 0.2) is 11.5 Å². The number of rotatable bonds is 7. The molecule has 1 aromatic heterocycles. The lowest BCUT2D eigenvalue weighted by molar-refractivity contribution is -0.131. The minimum atomic E-state index is 0.0625. The highest BCUT2D eigenvalue weighted by atomic mass is 32.1. The van der Waals surface area contributed by atoms with E-state index in [9.17, 15) is 9.59 Å². The van der Waals surface area contributed by atoms with Crippen LogP contribution in [0.25, 0.3) is 6.08 Å². The molecule has 8 heteroatoms. The Kier molecular flexibility index (Phi) is 7.46. The molecule has 4 rings (SSSR count). The van der Waals surface area contributed by atoms with Gasteiger partial charge in [0.2, 0.25) is 17.6 Å². The van der Waals surface area contributed by atoms with Gasteiger partial charge in [0.05, 0.1) is 27.8 Å². The van der Waals surface area contributed by atoms with Crippen LogP contribution in [0.4, 0.5) is 0 Å². The van der Waals surface area contributed by atoms with Gasteiger partial charge in [0.25, 0.3) is 0 Å². The summed E-state index contributed by atoms with van der Waals surface area (Å²) < 4.78 is 16.3. The van der Waals surface area contributed by atoms with Gasteiger partial charge in [-0.2, -0.15) is 11.3 Å². The monoisotopic (exact) mass is 484 g/mol. The van der Waals surface area contributed by atoms with Crippen LogP contribution >= 0.6 is 11.3 Å². The summed E-state index contributed by atoms with van der Waals surface area (Å²) in [6.45, 7) is 2.96. The molecule has 0 unspecified atom stereocenters. The average molecular weight is 485 g/mol. The number of benzene rings is 1. The molecule has 0 radical (unpaired) electrons. The van der Waals surface area contributed by atoms with Gasteiger partial charge in [-0.3, -0.25) is 9.59 Å². The number of carbonyl (C=O) groups is 2. The molecule has 1 spiro atoms. The first-order valence-electron chi connectivity index (χ1n) is 11.5. The van der Waals surface area contributed by atoms with Crippen molar-refractivity contribution in [3.8, 4) is 17.2 Å². The Morgan fingerprint density at radius 1 is 0.971 bits per heavy atom. The molecule has 182 valence electrons. The van der Waals surface area contributed by atoms with Gasteiger partial charge in [-0.25, -0.2) is 0 Å². The molecule has 34 heavy (non-hydrogen) atoms. The summed E-state index contributed by atoms with van der Waals surface area (Å²) >= 11 is 1.62. The van der Waals surface area contributed by atoms with E-state index >= 15 is 0 Å². The zero-order chi connectivity index (χ0) is 24.1. The number of likely N-dealkylation sites (tertiary alicyclic amines) is 2. The highest BCUT2D eigenvalue weighted by molar-refractivity contribution is 7.08. The molecule has 0 saturated carbocycles. The molecule has 2 fully saturated rings. The molecule has 2 aliphatic rings. The van der Waals surface area contributed by atoms with Gasteiger partial charge >= 0.3 is 0 Å². The lowest BCUT2D eigenvalue weighted by Gasteiger charge is -2.39. The van der Waals surface area contributed by atoms with Crippen LogP contribution in [0.1, 0.15) is 30.4 Å². The minimum absolute atomic E-state index is 0.0625. The van der Waals surface area contributed by atoms with E-state index in [2.05, 4.69) is 0 Å². The van der Waals surface area contributed by atoms with Gasteiger partial charge in [-0.1, -0.05) is 6.07 Å². The maximum Gasteiger partial charge on any atom is 0.246 e. The summed E-state index contributed by atoms with van der Waals surface area (Å²) in [5, 5.41) is 4.03. The fourth-order valence-corrected chi connectivity index (χ4v) is 5.61. The van der Waals surface area contributed by atoms with Crippen LogP contribution in [0.3, 0.4) is 0 Å². The second-order valence-electron chi connectivity index (χ2n) is 8.95. The summed E-state index contributed by atoms with van der Waals surface area (Å²) in [5.41, 5.74) is 1.94. The van der Waals surface area contributed by atoms with E-state index in [-0.39, 0.29) is 23.7 Å². The number of hydrogen-bond acceptors (Lipinski definition) is 6. The van der Waals surface area contributed by atoms with Crippen LogP contribution in [-0.4, -0.2) is 69.1 Å². The third-order valence-electron chi connectivity index (χ3n) is 7.02. The zero-order valence-corrected chi connectivity index (χ0v) is 20.9. The quantitative estimate of drug-likeness (QED) is 0.558. The van der Waals surface area contributed by atoms with E-state index in [1.807, 2.05) is 38.8 Å². The van der Waals surface area contributed by atoms with Crippen molar-refractivity contribution < 1.29 is 23.8 Å². The molecule has 0 aliphatic carbocycles. The molecule has 2 aromatic rings. The lowest BCUT2D eigenvalue weighted by Crippen LogP contribution is -2.44. The summed E-state index contributed by atoms with van der Waals surface area (Å²) in [6, 6.07) is 5.66. The van der Waals surface area contributed by atoms with Gasteiger partial charge in [0, 0.05) is 37.8 Å². The predicted molar refractivity (Wildman–Crippen MR) is 133 cm³/mol. The Balaban J connectivity index is 1.34. The Hall–Kier alpha value is -3.00. The van der Waals surface area contributed by atoms with Crippen molar-refractivity contribution in [2.75, 3.05) is 47.5 Å². The maximum atomic E-state index is 13.2. The van der Waals surface area contributed by atoms with Crippen molar-refractivity contribution in [3.05, 3.63) is 46.2 Å². The number of piperidine rings is 1. The molecule has 2 amide bonds. The van der Waals surface area contributed by atoms with Crippen molar-refractivity contribution in [1.82, 2.24) is 9.80 Å². The standard InChI is InChI=1S/C26H32N2O5S/c1-31-21-6-5-20(24(32-2)25(21)33-3)16-23(30)28-14-11-26(18-28)9-12-27(13-10-26)22(29)7-4-19-8-15-34-17-19/h4-8,15,17H,9-14,16,18H2,1-3H3. The van der Waals surface area contributed by atoms with Crippen LogP contribution in [0.2, 0.25) is 0 Å². The Bertz CT molecular complexity index is 1040. The van der Waals surface area contributed by atoms with Crippen LogP contribution in [0.5, 0.6) is 17.2 Å². The Morgan fingerprint density at radius 2 is 1.68 bits per heavy atom. The van der Waals surface area contributed by atoms with E-state index in [4.69, 9.17) is 14.2 Å². The first-order chi connectivity index (χ1) is 16.5. The first-order valence-corrected chi connectivity index (χ1v) is 12.5. The number of thiophene rings is 1. The SMILES string of the molecule is COc1ccc(CC(=O)N2CCC3(CCN(C(=O)C=Cc4ccsc4)CC3)C2)c(OC)c1OC. The lowest BCUT2D eigenvalue weighted by atomic mass is 9.78. The van der Waals surface area contributed by atoms with Gasteiger partial charge < -0.3 is 24.0 Å². The summed E-state index contributed by atoms with van der Waals surface area (Å²) in [6.07, 6.45) is 6.62. The van der Waals surface area contributed by atoms with Crippen LogP contribution < -0.4 is 14.2 Å². The third kappa shape index (κ3) is 5.06. The van der Waals surface area contributed by atoms with E-state index < -0.39 is 0 Å². The zero-order valence-electron chi connectivity index (χ0n) is 20.0. The number of methoxy groups -OCH3 is 3. The number of ether oxygens (including phenoxy) is 3. The second-order valence-corrected chi connectivity index (χ2v) is 9.73. The maximum absolute atomic E-state index is 13.2. The average Bonchev–Trinajstić information content (AvgIpc) is 3.53. The minimum Gasteiger partial charge on any atom is -0.493 e. The molecule has 2 saturated heterocycles. The molecule has 7 nitrogen and oxygen atoms in total. The Morgan fingerprint density at radius 3 is 2.29 bits per heavy atom. The van der Waals surface area contributed by atoms with Crippen LogP contribution in [-0.2, 0) is 16.0 Å². The highest BCUT2D eigenvalue weighted by Crippen LogP contribution is 2.42. The molecular formula is C26H32N2O5S. The van der Waals surface area contributed by atoms with Crippen molar-refractivity contribution in [2.45, 2.75) is 25.7 Å². The number of carbonyl (C=O) groups excluding carboxylic acids is 2. The Labute approximate surface area is 204 Å². The predicted octanol–water partition coefficient (Wildman–Crippen LogP) is 3.87. The number of amides is 2. The van der Waals surface area contributed by atoms with Gasteiger partial charge in [0.1, 0.15) is 0 Å². The van der Waals surface area contributed by atoms with Crippen molar-refractivity contribution in [3.63, 3.8) is 0 Å². The molecule has 0 N–H and O–H groups in total. The van der Waals surface area contributed by atoms with E-state index in [0.717, 1.165) is 56.6 Å². The summed E-state index contributed by atoms with van der Waals surface area (Å²) in [7, 11) is 4.71. The van der Waals surface area contributed by atoms with Crippen molar-refractivity contribution in [1.29, 1.82) is 0 Å². The molecular weight excluding hydrogens is 452 g/mol. The normalized spacial score (nSPS) is 17.4. The summed E-state index contributed by atoms with van der Waals surface area (Å²) in [4.78, 5) is 29.6. The molecule has 2 aliphatic heterocycles. The van der Waals surface area contributed by atoms with E-state index in [0.29, 0.717) is 17.2 Å². The fraction of sp³-hybridized carbons (Fsp3) is 0.462. The van der Waals surface area contributed by atoms with Crippen molar-refractivity contribution in [2.24, 2.45) is 5.41 Å². The van der Waals surface area contributed by atoms with Crippen LogP contribution in [0, 0.1) is 5.41 Å². The number of nitrogens with zero attached hydrogens (tertiary/aromatic N) is 2. The third-order valence-corrected chi connectivity index (χ3v) is 7.72. The van der Waals surface area contributed by atoms with Gasteiger partial charge in [-0.15, -0.1) is 0 Å². The second kappa shape index (κ2) is 10.5.